The largest absolute Gasteiger partial charge is 0.313 e. The van der Waals surface area contributed by atoms with Crippen LogP contribution in [0.4, 0.5) is 0 Å². The highest BCUT2D eigenvalue weighted by atomic mass is 15.0. The third-order valence-corrected chi connectivity index (χ3v) is 2.96. The summed E-state index contributed by atoms with van der Waals surface area (Å²) in [5.41, 5.74) is 1.12. The Morgan fingerprint density at radius 3 is 3.20 bits per heavy atom. The van der Waals surface area contributed by atoms with Crippen LogP contribution < -0.4 is 10.6 Å². The summed E-state index contributed by atoms with van der Waals surface area (Å²) in [5.74, 6) is 0. The first-order valence-electron chi connectivity index (χ1n) is 5.74. The van der Waals surface area contributed by atoms with Gasteiger partial charge in [0.1, 0.15) is 0 Å². The van der Waals surface area contributed by atoms with E-state index in [0.717, 1.165) is 12.2 Å². The second-order valence-electron chi connectivity index (χ2n) is 4.18. The maximum absolute atomic E-state index is 4.34. The molecule has 1 unspecified atom stereocenters. The predicted octanol–water partition coefficient (Wildman–Crippen LogP) is 1.48. The van der Waals surface area contributed by atoms with Gasteiger partial charge >= 0.3 is 0 Å². The van der Waals surface area contributed by atoms with Crippen LogP contribution in [-0.4, -0.2) is 24.1 Å². The molecule has 1 aliphatic rings. The number of pyridine rings is 1. The molecule has 0 radical (unpaired) electrons. The van der Waals surface area contributed by atoms with Gasteiger partial charge in [-0.1, -0.05) is 6.07 Å². The van der Waals surface area contributed by atoms with E-state index in [-0.39, 0.29) is 0 Å². The van der Waals surface area contributed by atoms with Gasteiger partial charge in [-0.15, -0.1) is 0 Å². The van der Waals surface area contributed by atoms with Crippen LogP contribution in [0.2, 0.25) is 0 Å². The molecule has 3 heteroatoms. The standard InChI is InChI=1S/C12H19N3/c1-10(12-6-2-3-7-14-12)15-9-11-5-4-8-13-11/h2-3,6-7,10-11,13,15H,4-5,8-9H2,1H3/t10-,11?/m1/s1. The van der Waals surface area contributed by atoms with E-state index < -0.39 is 0 Å². The second-order valence-corrected chi connectivity index (χ2v) is 4.18. The average Bonchev–Trinajstić information content (AvgIpc) is 2.80. The van der Waals surface area contributed by atoms with Crippen LogP contribution in [0, 0.1) is 0 Å². The van der Waals surface area contributed by atoms with Gasteiger partial charge in [-0.25, -0.2) is 0 Å². The fraction of sp³-hybridized carbons (Fsp3) is 0.583. The smallest absolute Gasteiger partial charge is 0.0570 e. The lowest BCUT2D eigenvalue weighted by Gasteiger charge is -2.16. The van der Waals surface area contributed by atoms with E-state index in [1.807, 2.05) is 18.3 Å². The minimum Gasteiger partial charge on any atom is -0.313 e. The van der Waals surface area contributed by atoms with Gasteiger partial charge in [0.15, 0.2) is 0 Å². The molecular weight excluding hydrogens is 186 g/mol. The van der Waals surface area contributed by atoms with Crippen LogP contribution in [0.3, 0.4) is 0 Å². The SMILES string of the molecule is C[C@@H](NCC1CCCN1)c1ccccn1. The Hall–Kier alpha value is -0.930. The minimum absolute atomic E-state index is 0.341. The normalized spacial score (nSPS) is 22.9. The van der Waals surface area contributed by atoms with Gasteiger partial charge in [-0.2, -0.15) is 0 Å². The number of nitrogens with zero attached hydrogens (tertiary/aromatic N) is 1. The van der Waals surface area contributed by atoms with Crippen LogP contribution >= 0.6 is 0 Å². The van der Waals surface area contributed by atoms with Crippen molar-refractivity contribution in [3.63, 3.8) is 0 Å². The molecule has 1 aromatic rings. The summed E-state index contributed by atoms with van der Waals surface area (Å²) in [5, 5.41) is 7.00. The zero-order valence-electron chi connectivity index (χ0n) is 9.24. The molecule has 1 aliphatic heterocycles. The quantitative estimate of drug-likeness (QED) is 0.782. The lowest BCUT2D eigenvalue weighted by Crippen LogP contribution is -2.35. The first kappa shape index (κ1) is 10.6. The summed E-state index contributed by atoms with van der Waals surface area (Å²) in [7, 11) is 0. The molecule has 2 atom stereocenters. The van der Waals surface area contributed by atoms with Crippen LogP contribution in [-0.2, 0) is 0 Å². The third kappa shape index (κ3) is 3.01. The number of rotatable bonds is 4. The molecule has 0 saturated carbocycles. The van der Waals surface area contributed by atoms with Crippen molar-refractivity contribution >= 4 is 0 Å². The summed E-state index contributed by atoms with van der Waals surface area (Å²) >= 11 is 0. The second kappa shape index (κ2) is 5.24. The van der Waals surface area contributed by atoms with Gasteiger partial charge < -0.3 is 10.6 Å². The van der Waals surface area contributed by atoms with E-state index in [9.17, 15) is 0 Å². The topological polar surface area (TPSA) is 37.0 Å². The van der Waals surface area contributed by atoms with Gasteiger partial charge in [-0.3, -0.25) is 4.98 Å². The van der Waals surface area contributed by atoms with Crippen molar-refractivity contribution in [2.75, 3.05) is 13.1 Å². The zero-order valence-corrected chi connectivity index (χ0v) is 9.24. The first-order chi connectivity index (χ1) is 7.36. The summed E-state index contributed by atoms with van der Waals surface area (Å²) in [6.07, 6.45) is 4.45. The number of nitrogens with one attached hydrogen (secondary N) is 2. The summed E-state index contributed by atoms with van der Waals surface area (Å²) in [6.45, 7) is 4.37. The highest BCUT2D eigenvalue weighted by Gasteiger charge is 2.15. The van der Waals surface area contributed by atoms with Crippen molar-refractivity contribution < 1.29 is 0 Å². The minimum atomic E-state index is 0.341. The summed E-state index contributed by atoms with van der Waals surface area (Å²) in [4.78, 5) is 4.34. The van der Waals surface area contributed by atoms with E-state index in [1.165, 1.54) is 19.4 Å². The highest BCUT2D eigenvalue weighted by Crippen LogP contribution is 2.09. The molecular formula is C12H19N3. The number of aromatic nitrogens is 1. The molecule has 1 aromatic heterocycles. The van der Waals surface area contributed by atoms with Crippen molar-refractivity contribution in [3.8, 4) is 0 Å². The number of hydrogen-bond donors (Lipinski definition) is 2. The molecule has 0 amide bonds. The van der Waals surface area contributed by atoms with Gasteiger partial charge in [0, 0.05) is 24.8 Å². The van der Waals surface area contributed by atoms with E-state index in [0.29, 0.717) is 12.1 Å². The van der Waals surface area contributed by atoms with Gasteiger partial charge in [0.25, 0.3) is 0 Å². The van der Waals surface area contributed by atoms with Crippen molar-refractivity contribution in [2.24, 2.45) is 0 Å². The Kier molecular flexibility index (Phi) is 3.69. The summed E-state index contributed by atoms with van der Waals surface area (Å²) in [6, 6.07) is 7.05. The van der Waals surface area contributed by atoms with Crippen LogP contribution in [0.5, 0.6) is 0 Å². The molecule has 0 aromatic carbocycles. The van der Waals surface area contributed by atoms with Crippen LogP contribution in [0.15, 0.2) is 24.4 Å². The molecule has 2 N–H and O–H groups in total. The van der Waals surface area contributed by atoms with E-state index in [1.54, 1.807) is 0 Å². The third-order valence-electron chi connectivity index (χ3n) is 2.96. The molecule has 0 bridgehead atoms. The monoisotopic (exact) mass is 205 g/mol. The Bertz CT molecular complexity index is 280. The lowest BCUT2D eigenvalue weighted by molar-refractivity contribution is 0.484. The van der Waals surface area contributed by atoms with Gasteiger partial charge in [-0.05, 0) is 38.4 Å². The van der Waals surface area contributed by atoms with Crippen LogP contribution in [0.1, 0.15) is 31.5 Å². The van der Waals surface area contributed by atoms with Crippen molar-refractivity contribution in [3.05, 3.63) is 30.1 Å². The Labute approximate surface area is 91.3 Å². The maximum atomic E-state index is 4.34. The van der Waals surface area contributed by atoms with Crippen molar-refractivity contribution in [2.45, 2.75) is 31.8 Å². The predicted molar refractivity (Wildman–Crippen MR) is 61.7 cm³/mol. The molecule has 1 saturated heterocycles. The van der Waals surface area contributed by atoms with E-state index in [2.05, 4.69) is 28.6 Å². The van der Waals surface area contributed by atoms with Crippen molar-refractivity contribution in [1.29, 1.82) is 0 Å². The zero-order chi connectivity index (χ0) is 10.5. The van der Waals surface area contributed by atoms with Crippen LogP contribution in [0.25, 0.3) is 0 Å². The molecule has 1 fully saturated rings. The molecule has 2 heterocycles. The van der Waals surface area contributed by atoms with E-state index in [4.69, 9.17) is 0 Å². The molecule has 0 spiro atoms. The van der Waals surface area contributed by atoms with Gasteiger partial charge in [0.05, 0.1) is 5.69 Å². The highest BCUT2D eigenvalue weighted by molar-refractivity contribution is 5.07. The Morgan fingerprint density at radius 1 is 1.60 bits per heavy atom. The first-order valence-corrected chi connectivity index (χ1v) is 5.74. The Balaban J connectivity index is 1.79. The fourth-order valence-electron chi connectivity index (χ4n) is 1.99. The maximum Gasteiger partial charge on any atom is 0.0570 e. The number of hydrogen-bond acceptors (Lipinski definition) is 3. The van der Waals surface area contributed by atoms with E-state index >= 15 is 0 Å². The Morgan fingerprint density at radius 2 is 2.53 bits per heavy atom. The average molecular weight is 205 g/mol. The molecule has 0 aliphatic carbocycles. The molecule has 15 heavy (non-hydrogen) atoms. The van der Waals surface area contributed by atoms with Crippen molar-refractivity contribution in [1.82, 2.24) is 15.6 Å². The van der Waals surface area contributed by atoms with Gasteiger partial charge in [0.2, 0.25) is 0 Å². The lowest BCUT2D eigenvalue weighted by atomic mass is 10.2. The molecule has 2 rings (SSSR count). The molecule has 3 nitrogen and oxygen atoms in total. The summed E-state index contributed by atoms with van der Waals surface area (Å²) < 4.78 is 0. The fourth-order valence-corrected chi connectivity index (χ4v) is 1.99. The molecule has 82 valence electrons.